The Morgan fingerprint density at radius 3 is 2.20 bits per heavy atom. The van der Waals surface area contributed by atoms with E-state index in [0.717, 1.165) is 79.1 Å². The van der Waals surface area contributed by atoms with E-state index in [-0.39, 0.29) is 42.4 Å². The average Bonchev–Trinajstić information content (AvgIpc) is 4.06. The second-order valence-corrected chi connectivity index (χ2v) is 14.4. The minimum Gasteiger partial charge on any atom is -0.453 e. The van der Waals surface area contributed by atoms with Crippen molar-refractivity contribution < 1.29 is 28.7 Å². The molecule has 14 heteroatoms. The van der Waals surface area contributed by atoms with Crippen molar-refractivity contribution in [2.24, 2.45) is 5.92 Å². The summed E-state index contributed by atoms with van der Waals surface area (Å²) >= 11 is 0. The number of nitrogens with zero attached hydrogens (tertiary/aromatic N) is 4. The van der Waals surface area contributed by atoms with Crippen LogP contribution in [0.2, 0.25) is 0 Å². The summed E-state index contributed by atoms with van der Waals surface area (Å²) in [6.07, 6.45) is 14.1. The third-order valence-electron chi connectivity index (χ3n) is 11.4. The summed E-state index contributed by atoms with van der Waals surface area (Å²) in [5.41, 5.74) is 8.72. The molecule has 4 amide bonds. The van der Waals surface area contributed by atoms with E-state index in [1.165, 1.54) is 36.5 Å². The average molecular weight is 731 g/mol. The zero-order valence-electron chi connectivity index (χ0n) is 30.2. The predicted octanol–water partition coefficient (Wildman–Crippen LogP) is 4.66. The summed E-state index contributed by atoms with van der Waals surface area (Å²) < 4.78 is 9.28. The highest BCUT2D eigenvalue weighted by Gasteiger charge is 2.51. The Morgan fingerprint density at radius 2 is 1.56 bits per heavy atom. The second kappa shape index (κ2) is 14.4. The molecule has 5 atom stereocenters. The van der Waals surface area contributed by atoms with Crippen molar-refractivity contribution in [1.29, 1.82) is 0 Å². The summed E-state index contributed by atoms with van der Waals surface area (Å²) in [5.74, 6) is 3.64. The summed E-state index contributed by atoms with van der Waals surface area (Å²) in [6, 6.07) is 11.5. The molecule has 2 aromatic carbocycles. The predicted molar refractivity (Wildman–Crippen MR) is 197 cm³/mol. The molecule has 4 N–H and O–H groups in total. The number of carbonyl (C=O) groups excluding carboxylic acids is 4. The van der Waals surface area contributed by atoms with Crippen LogP contribution in [0.5, 0.6) is 0 Å². The van der Waals surface area contributed by atoms with Gasteiger partial charge in [-0.1, -0.05) is 30.2 Å². The van der Waals surface area contributed by atoms with Gasteiger partial charge in [-0.15, -0.1) is 6.42 Å². The Bertz CT molecular complexity index is 2170. The first-order chi connectivity index (χ1) is 26.3. The Kier molecular flexibility index (Phi) is 9.31. The molecular formula is C40H42N8O6. The lowest BCUT2D eigenvalue weighted by atomic mass is 9.83. The molecule has 3 fully saturated rings. The first kappa shape index (κ1) is 35.0. The van der Waals surface area contributed by atoms with Crippen LogP contribution < -0.4 is 10.6 Å². The van der Waals surface area contributed by atoms with Gasteiger partial charge in [0.05, 0.1) is 50.1 Å². The lowest BCUT2D eigenvalue weighted by Gasteiger charge is -2.35. The highest BCUT2D eigenvalue weighted by molar-refractivity contribution is 5.89. The number of terminal acetylenes is 1. The van der Waals surface area contributed by atoms with Gasteiger partial charge < -0.3 is 34.6 Å². The topological polar surface area (TPSA) is 175 Å². The second-order valence-electron chi connectivity index (χ2n) is 14.4. The lowest BCUT2D eigenvalue weighted by Crippen LogP contribution is -2.51. The van der Waals surface area contributed by atoms with Crippen LogP contribution >= 0.6 is 0 Å². The van der Waals surface area contributed by atoms with Crippen LogP contribution in [0.4, 0.5) is 9.59 Å². The summed E-state index contributed by atoms with van der Waals surface area (Å²) in [4.78, 5) is 69.8. The number of fused-ring (bicyclic) bond motifs is 5. The molecule has 4 heterocycles. The maximum atomic E-state index is 13.6. The number of carbonyl (C=O) groups is 4. The van der Waals surface area contributed by atoms with Crippen LogP contribution in [0.15, 0.2) is 48.8 Å². The molecule has 278 valence electrons. The van der Waals surface area contributed by atoms with Gasteiger partial charge >= 0.3 is 12.2 Å². The van der Waals surface area contributed by atoms with Crippen molar-refractivity contribution >= 4 is 24.0 Å². The highest BCUT2D eigenvalue weighted by Crippen LogP contribution is 2.50. The number of aromatic amines is 2. The van der Waals surface area contributed by atoms with Crippen molar-refractivity contribution in [3.05, 3.63) is 71.6 Å². The number of aromatic nitrogens is 4. The quantitative estimate of drug-likeness (QED) is 0.190. The molecule has 2 aliphatic heterocycles. The van der Waals surface area contributed by atoms with E-state index < -0.39 is 18.2 Å². The normalized spacial score (nSPS) is 21.5. The first-order valence-corrected chi connectivity index (χ1v) is 18.4. The number of ether oxygens (including phenoxy) is 2. The van der Waals surface area contributed by atoms with Gasteiger partial charge in [-0.3, -0.25) is 14.9 Å². The Labute approximate surface area is 312 Å². The number of likely N-dealkylation sites (tertiary alicyclic amines) is 2. The number of aryl methyl sites for hydroxylation is 2. The molecule has 0 spiro atoms. The van der Waals surface area contributed by atoms with Crippen LogP contribution in [-0.4, -0.2) is 93.1 Å². The molecule has 14 nitrogen and oxygen atoms in total. The van der Waals surface area contributed by atoms with Gasteiger partial charge in [0.2, 0.25) is 5.91 Å². The van der Waals surface area contributed by atoms with Crippen molar-refractivity contribution in [3.63, 3.8) is 0 Å². The molecule has 2 bridgehead atoms. The molecular weight excluding hydrogens is 688 g/mol. The molecule has 2 aliphatic carbocycles. The van der Waals surface area contributed by atoms with Crippen molar-refractivity contribution in [3.8, 4) is 46.0 Å². The third-order valence-corrected chi connectivity index (χ3v) is 11.4. The number of alkyl carbamates (subject to hydrolysis) is 2. The van der Waals surface area contributed by atoms with Gasteiger partial charge in [-0.25, -0.2) is 19.6 Å². The molecule has 4 aromatic rings. The van der Waals surface area contributed by atoms with Gasteiger partial charge in [0.1, 0.15) is 18.2 Å². The Hall–Kier alpha value is -6.10. The lowest BCUT2D eigenvalue weighted by molar-refractivity contribution is -0.136. The zero-order chi connectivity index (χ0) is 37.5. The van der Waals surface area contributed by atoms with E-state index in [1.54, 1.807) is 4.90 Å². The number of nitrogens with one attached hydrogen (secondary N) is 4. The number of methoxy groups -OCH3 is 2. The van der Waals surface area contributed by atoms with Crippen molar-refractivity contribution in [1.82, 2.24) is 40.4 Å². The molecule has 2 aromatic heterocycles. The molecule has 0 radical (unpaired) electrons. The summed E-state index contributed by atoms with van der Waals surface area (Å²) in [5, 5.41) is 4.95. The monoisotopic (exact) mass is 730 g/mol. The van der Waals surface area contributed by atoms with Gasteiger partial charge in [-0.2, -0.15) is 0 Å². The molecule has 4 aliphatic rings. The van der Waals surface area contributed by atoms with Crippen LogP contribution in [-0.2, 0) is 31.9 Å². The number of H-pyrrole nitrogens is 2. The van der Waals surface area contributed by atoms with E-state index >= 15 is 0 Å². The smallest absolute Gasteiger partial charge is 0.408 e. The van der Waals surface area contributed by atoms with Crippen molar-refractivity contribution in [2.75, 3.05) is 27.3 Å². The van der Waals surface area contributed by atoms with E-state index in [2.05, 4.69) is 77.4 Å². The standard InChI is InChI=1S/C40H42N8O6/c1-4-30(46-40(52)54-3)38(50)48-27-12-9-26(18-27)35(48)37-42-20-32(45-37)25-11-14-29-23(17-25)8-7-22-16-24(10-13-28(22)29)31-19-41-36(44-31)33-6-5-15-47(33)34(49)21-43-39(51)53-2/h1,10-11,13-14,16-17,19-20,26-27,30,33,35H,5-9,12,15,18,21H2,2-3H3,(H,41,44)(H,42,45)(H,43,51)(H,46,52). The molecule has 54 heavy (non-hydrogen) atoms. The van der Waals surface area contributed by atoms with Crippen LogP contribution in [0.25, 0.3) is 33.6 Å². The fourth-order valence-corrected chi connectivity index (χ4v) is 8.85. The third kappa shape index (κ3) is 6.33. The maximum absolute atomic E-state index is 13.6. The van der Waals surface area contributed by atoms with E-state index in [9.17, 15) is 19.2 Å². The van der Waals surface area contributed by atoms with Crippen LogP contribution in [0, 0.1) is 18.3 Å². The van der Waals surface area contributed by atoms with Gasteiger partial charge in [-0.05, 0) is 96.4 Å². The fraction of sp³-hybridized carbons (Fsp3) is 0.400. The number of hydrogen-bond donors (Lipinski definition) is 4. The minimum absolute atomic E-state index is 0.0486. The number of imidazole rings is 2. The summed E-state index contributed by atoms with van der Waals surface area (Å²) in [7, 11) is 2.50. The van der Waals surface area contributed by atoms with E-state index in [1.807, 2.05) is 17.3 Å². The zero-order valence-corrected chi connectivity index (χ0v) is 30.2. The van der Waals surface area contributed by atoms with Gasteiger partial charge in [0.15, 0.2) is 6.04 Å². The number of piperidine rings is 1. The van der Waals surface area contributed by atoms with E-state index in [0.29, 0.717) is 6.54 Å². The highest BCUT2D eigenvalue weighted by atomic mass is 16.5. The van der Waals surface area contributed by atoms with Gasteiger partial charge in [0, 0.05) is 12.6 Å². The van der Waals surface area contributed by atoms with Gasteiger partial charge in [0.25, 0.3) is 5.91 Å². The minimum atomic E-state index is -1.12. The van der Waals surface area contributed by atoms with Crippen LogP contribution in [0.1, 0.15) is 67.0 Å². The van der Waals surface area contributed by atoms with E-state index in [4.69, 9.17) is 11.4 Å². The SMILES string of the molecule is C#CC(NC(=O)OC)C(=O)N1C2CCC(C2)C1c1ncc(-c2ccc3c(c2)CCc2cc(-c4cnc(C5CCCN5C(=O)CNC(=O)OC)[nH]4)ccc2-3)[nH]1. The fourth-order valence-electron chi connectivity index (χ4n) is 8.85. The summed E-state index contributed by atoms with van der Waals surface area (Å²) in [6.45, 7) is 0.485. The molecule has 5 unspecified atom stereocenters. The Morgan fingerprint density at radius 1 is 0.907 bits per heavy atom. The number of hydrogen-bond acceptors (Lipinski definition) is 8. The molecule has 8 rings (SSSR count). The number of rotatable bonds is 8. The largest absolute Gasteiger partial charge is 0.453 e. The molecule has 1 saturated carbocycles. The van der Waals surface area contributed by atoms with Crippen molar-refractivity contribution in [2.45, 2.75) is 69.1 Å². The first-order valence-electron chi connectivity index (χ1n) is 18.4. The van der Waals surface area contributed by atoms with Crippen LogP contribution in [0.3, 0.4) is 0 Å². The number of benzene rings is 2. The number of amides is 4. The Balaban J connectivity index is 0.978. The molecule has 2 saturated heterocycles. The maximum Gasteiger partial charge on any atom is 0.408 e.